The Balaban J connectivity index is 1.80. The normalized spacial score (nSPS) is 40.9. The molecule has 0 amide bonds. The van der Waals surface area contributed by atoms with Crippen molar-refractivity contribution in [2.45, 2.75) is 83.9 Å². The Morgan fingerprint density at radius 3 is 1.90 bits per heavy atom. The highest BCUT2D eigenvalue weighted by atomic mass is 19.1. The molecule has 120 valence electrons. The molecule has 2 nitrogen and oxygen atoms in total. The van der Waals surface area contributed by atoms with Crippen LogP contribution < -0.4 is 0 Å². The summed E-state index contributed by atoms with van der Waals surface area (Å²) in [5.74, 6) is 1.73. The van der Waals surface area contributed by atoms with Crippen LogP contribution in [0, 0.1) is 23.2 Å². The van der Waals surface area contributed by atoms with E-state index >= 15 is 0 Å². The van der Waals surface area contributed by atoms with Gasteiger partial charge in [-0.15, -0.1) is 0 Å². The van der Waals surface area contributed by atoms with Crippen LogP contribution in [0.1, 0.15) is 72.6 Å². The standard InChI is InChI=1S/C18H29FO2/c1-5-17(4,19)15(20)21-16(2,3)18-9-12-6-13(10-18)8-14(7-12)11-18/h12-14H,5-11H2,1-4H3. The fourth-order valence-corrected chi connectivity index (χ4v) is 5.44. The molecule has 4 bridgehead atoms. The fraction of sp³-hybridized carbons (Fsp3) is 0.944. The Morgan fingerprint density at radius 1 is 1.10 bits per heavy atom. The average molecular weight is 296 g/mol. The van der Waals surface area contributed by atoms with Gasteiger partial charge in [-0.05, 0) is 83.5 Å². The first kappa shape index (κ1) is 15.3. The molecule has 0 aliphatic heterocycles. The molecule has 0 saturated heterocycles. The zero-order valence-electron chi connectivity index (χ0n) is 13.9. The van der Waals surface area contributed by atoms with Gasteiger partial charge in [0, 0.05) is 5.41 Å². The molecule has 4 aliphatic carbocycles. The second kappa shape index (κ2) is 4.70. The van der Waals surface area contributed by atoms with E-state index in [1.165, 1.54) is 26.2 Å². The number of halogens is 1. The second-order valence-electron chi connectivity index (χ2n) is 8.65. The van der Waals surface area contributed by atoms with Crippen molar-refractivity contribution in [1.82, 2.24) is 0 Å². The SMILES string of the molecule is CCC(C)(F)C(=O)OC(C)(C)C12CC3CC(CC(C3)C1)C2. The van der Waals surface area contributed by atoms with Crippen molar-refractivity contribution in [3.8, 4) is 0 Å². The summed E-state index contributed by atoms with van der Waals surface area (Å²) in [5, 5.41) is 0. The maximum atomic E-state index is 14.2. The van der Waals surface area contributed by atoms with Crippen LogP contribution in [0.15, 0.2) is 0 Å². The smallest absolute Gasteiger partial charge is 0.344 e. The molecule has 0 aromatic rings. The lowest BCUT2D eigenvalue weighted by Crippen LogP contribution is -2.58. The third kappa shape index (κ3) is 2.41. The van der Waals surface area contributed by atoms with E-state index in [4.69, 9.17) is 4.74 Å². The molecule has 3 heteroatoms. The molecule has 0 radical (unpaired) electrons. The van der Waals surface area contributed by atoms with Gasteiger partial charge in [-0.2, -0.15) is 0 Å². The zero-order valence-corrected chi connectivity index (χ0v) is 13.9. The lowest BCUT2D eigenvalue weighted by Gasteiger charge is -2.61. The van der Waals surface area contributed by atoms with Gasteiger partial charge in [0.2, 0.25) is 5.67 Å². The van der Waals surface area contributed by atoms with Gasteiger partial charge in [-0.25, -0.2) is 9.18 Å². The van der Waals surface area contributed by atoms with Crippen LogP contribution in [-0.4, -0.2) is 17.2 Å². The summed E-state index contributed by atoms with van der Waals surface area (Å²) < 4.78 is 20.0. The molecule has 0 aromatic heterocycles. The molecule has 1 unspecified atom stereocenters. The first-order valence-electron chi connectivity index (χ1n) is 8.60. The monoisotopic (exact) mass is 296 g/mol. The third-order valence-electron chi connectivity index (χ3n) is 6.75. The minimum absolute atomic E-state index is 0.0846. The Bertz CT molecular complexity index is 403. The highest BCUT2D eigenvalue weighted by Gasteiger charge is 2.59. The third-order valence-corrected chi connectivity index (χ3v) is 6.75. The average Bonchev–Trinajstić information content (AvgIpc) is 2.36. The molecule has 0 spiro atoms. The van der Waals surface area contributed by atoms with Crippen LogP contribution in [0.3, 0.4) is 0 Å². The van der Waals surface area contributed by atoms with E-state index in [-0.39, 0.29) is 11.8 Å². The van der Waals surface area contributed by atoms with Crippen LogP contribution in [0.5, 0.6) is 0 Å². The van der Waals surface area contributed by atoms with Crippen LogP contribution in [0.2, 0.25) is 0 Å². The molecule has 0 heterocycles. The van der Waals surface area contributed by atoms with E-state index in [2.05, 4.69) is 0 Å². The van der Waals surface area contributed by atoms with Crippen LogP contribution in [-0.2, 0) is 9.53 Å². The molecule has 21 heavy (non-hydrogen) atoms. The van der Waals surface area contributed by atoms with Crippen molar-refractivity contribution in [3.05, 3.63) is 0 Å². The number of esters is 1. The predicted octanol–water partition coefficient (Wildman–Crippen LogP) is 4.66. The predicted molar refractivity (Wildman–Crippen MR) is 80.6 cm³/mol. The highest BCUT2D eigenvalue weighted by molar-refractivity contribution is 5.79. The number of hydrogen-bond acceptors (Lipinski definition) is 2. The van der Waals surface area contributed by atoms with Crippen LogP contribution in [0.4, 0.5) is 4.39 Å². The van der Waals surface area contributed by atoms with Gasteiger partial charge >= 0.3 is 5.97 Å². The summed E-state index contributed by atoms with van der Waals surface area (Å²) in [6, 6.07) is 0. The van der Waals surface area contributed by atoms with Crippen LogP contribution >= 0.6 is 0 Å². The molecule has 0 N–H and O–H groups in total. The Hall–Kier alpha value is -0.600. The van der Waals surface area contributed by atoms with E-state index in [0.717, 1.165) is 37.0 Å². The van der Waals surface area contributed by atoms with Gasteiger partial charge in [0.15, 0.2) is 0 Å². The van der Waals surface area contributed by atoms with Crippen molar-refractivity contribution in [1.29, 1.82) is 0 Å². The molecule has 4 saturated carbocycles. The molecule has 4 aliphatic rings. The van der Waals surface area contributed by atoms with Crippen LogP contribution in [0.25, 0.3) is 0 Å². The number of rotatable bonds is 4. The topological polar surface area (TPSA) is 26.3 Å². The quantitative estimate of drug-likeness (QED) is 0.705. The second-order valence-corrected chi connectivity index (χ2v) is 8.65. The van der Waals surface area contributed by atoms with Crippen molar-refractivity contribution >= 4 is 5.97 Å². The van der Waals surface area contributed by atoms with E-state index < -0.39 is 17.2 Å². The Morgan fingerprint density at radius 2 is 1.52 bits per heavy atom. The first-order chi connectivity index (χ1) is 9.67. The summed E-state index contributed by atoms with van der Waals surface area (Å²) in [6.45, 7) is 7.07. The largest absolute Gasteiger partial charge is 0.457 e. The maximum absolute atomic E-state index is 14.2. The van der Waals surface area contributed by atoms with E-state index in [1.54, 1.807) is 6.92 Å². The van der Waals surface area contributed by atoms with Crippen molar-refractivity contribution in [2.24, 2.45) is 23.2 Å². The summed E-state index contributed by atoms with van der Waals surface area (Å²) in [6.07, 6.45) is 7.73. The van der Waals surface area contributed by atoms with E-state index in [9.17, 15) is 9.18 Å². The van der Waals surface area contributed by atoms with Gasteiger partial charge in [-0.1, -0.05) is 6.92 Å². The Labute approximate surface area is 127 Å². The summed E-state index contributed by atoms with van der Waals surface area (Å²) in [4.78, 5) is 12.2. The number of ether oxygens (including phenoxy) is 1. The van der Waals surface area contributed by atoms with Gasteiger partial charge in [0.05, 0.1) is 0 Å². The van der Waals surface area contributed by atoms with Crippen molar-refractivity contribution in [3.63, 3.8) is 0 Å². The van der Waals surface area contributed by atoms with E-state index in [0.29, 0.717) is 0 Å². The van der Waals surface area contributed by atoms with Gasteiger partial charge in [0.1, 0.15) is 5.60 Å². The lowest BCUT2D eigenvalue weighted by molar-refractivity contribution is -0.207. The molecular formula is C18H29FO2. The fourth-order valence-electron chi connectivity index (χ4n) is 5.44. The van der Waals surface area contributed by atoms with Crippen molar-refractivity contribution in [2.75, 3.05) is 0 Å². The van der Waals surface area contributed by atoms with E-state index in [1.807, 2.05) is 13.8 Å². The maximum Gasteiger partial charge on any atom is 0.344 e. The minimum Gasteiger partial charge on any atom is -0.457 e. The van der Waals surface area contributed by atoms with Gasteiger partial charge < -0.3 is 4.74 Å². The Kier molecular flexibility index (Phi) is 3.42. The van der Waals surface area contributed by atoms with Crippen molar-refractivity contribution < 1.29 is 13.9 Å². The molecule has 4 rings (SSSR count). The molecular weight excluding hydrogens is 267 g/mol. The van der Waals surface area contributed by atoms with Gasteiger partial charge in [-0.3, -0.25) is 0 Å². The first-order valence-corrected chi connectivity index (χ1v) is 8.60. The van der Waals surface area contributed by atoms with Gasteiger partial charge in [0.25, 0.3) is 0 Å². The summed E-state index contributed by atoms with van der Waals surface area (Å²) >= 11 is 0. The number of carbonyl (C=O) groups excluding carboxylic acids is 1. The summed E-state index contributed by atoms with van der Waals surface area (Å²) in [7, 11) is 0. The highest BCUT2D eigenvalue weighted by Crippen LogP contribution is 2.64. The molecule has 0 aromatic carbocycles. The number of carbonyl (C=O) groups is 1. The minimum atomic E-state index is -1.86. The zero-order chi connectivity index (χ0) is 15.5. The number of hydrogen-bond donors (Lipinski definition) is 0. The number of alkyl halides is 1. The lowest BCUT2D eigenvalue weighted by atomic mass is 9.46. The molecule has 4 fully saturated rings. The molecule has 1 atom stereocenters. The summed E-state index contributed by atoms with van der Waals surface area (Å²) in [5.41, 5.74) is -2.33.